The van der Waals surface area contributed by atoms with Crippen molar-refractivity contribution in [3.63, 3.8) is 0 Å². The van der Waals surface area contributed by atoms with Crippen molar-refractivity contribution in [1.82, 2.24) is 0 Å². The van der Waals surface area contributed by atoms with E-state index in [-0.39, 0.29) is 22.4 Å². The highest BCUT2D eigenvalue weighted by atomic mass is 79.9. The molecular weight excluding hydrogens is 1370 g/mol. The minimum absolute atomic E-state index is 0.360. The van der Waals surface area contributed by atoms with Gasteiger partial charge in [0.15, 0.2) is 0 Å². The molecule has 0 amide bonds. The summed E-state index contributed by atoms with van der Waals surface area (Å²) in [5.41, 5.74) is 15.0. The second kappa shape index (κ2) is 28.4. The van der Waals surface area contributed by atoms with Gasteiger partial charge >= 0.3 is 28.3 Å². The van der Waals surface area contributed by atoms with Gasteiger partial charge in [-0.1, -0.05) is 159 Å². The monoisotopic (exact) mass is 1460 g/mol. The number of halogens is 2. The van der Waals surface area contributed by atoms with Crippen LogP contribution in [0.3, 0.4) is 0 Å². The van der Waals surface area contributed by atoms with Crippen molar-refractivity contribution in [2.24, 2.45) is 0 Å². The number of hydrogen-bond acceptors (Lipinski definition) is 10. The van der Waals surface area contributed by atoms with E-state index in [9.17, 15) is 0 Å². The molecule has 0 unspecified atom stereocenters. The van der Waals surface area contributed by atoms with Crippen LogP contribution in [0.1, 0.15) is 116 Å². The van der Waals surface area contributed by atoms with Crippen molar-refractivity contribution in [2.75, 3.05) is 9.80 Å². The van der Waals surface area contributed by atoms with E-state index in [1.165, 1.54) is 39.0 Å². The molecule has 4 saturated heterocycles. The predicted molar refractivity (Wildman–Crippen MR) is 422 cm³/mol. The highest BCUT2D eigenvalue weighted by Gasteiger charge is 2.64. The Morgan fingerprint density at radius 1 is 0.280 bits per heavy atom. The third-order valence-electron chi connectivity index (χ3n) is 21.1. The van der Waals surface area contributed by atoms with Crippen LogP contribution < -0.4 is 20.7 Å². The maximum Gasteiger partial charge on any atom is 0.494 e. The van der Waals surface area contributed by atoms with Crippen LogP contribution in [0.5, 0.6) is 0 Å². The molecule has 0 spiro atoms. The van der Waals surface area contributed by atoms with Gasteiger partial charge in [-0.2, -0.15) is 0 Å². The normalized spacial score (nSPS) is 19.0. The summed E-state index contributed by atoms with van der Waals surface area (Å²) in [6.07, 6.45) is 11.1. The Balaban J connectivity index is 0.000000159. The lowest BCUT2D eigenvalue weighted by molar-refractivity contribution is 0.00578. The fourth-order valence-corrected chi connectivity index (χ4v) is 12.6. The van der Waals surface area contributed by atoms with E-state index in [0.717, 1.165) is 59.6 Å². The van der Waals surface area contributed by atoms with Crippen LogP contribution in [-0.4, -0.2) is 73.1 Å². The van der Waals surface area contributed by atoms with Crippen molar-refractivity contribution in [1.29, 1.82) is 0 Å². The zero-order valence-corrected chi connectivity index (χ0v) is 63.6. The number of allylic oxidation sites excluding steroid dienone is 6. The Hall–Kier alpha value is -7.39. The van der Waals surface area contributed by atoms with Gasteiger partial charge < -0.3 is 47.0 Å². The SMILES string of the molecule is Brc1ccc(N(c2ccc(Br)cc2)c2ccc(-c3ccc(C4=CC=[C+]C=C4)cc3)cc2)cc1.CC1(C)OB(B2OC(C)(C)C(C)(C)O2)OC1(C)C.CC1(C)OB(c2ccc(N(c3ccc(B4OC(C)(C)C(C)(C)O4)cc3)c3ccc(-c4ccc(-c5ccccc5)cc4)cc3)cc2)OC1(C)C. The van der Waals surface area contributed by atoms with Gasteiger partial charge in [0.25, 0.3) is 0 Å². The Morgan fingerprint density at radius 3 is 0.800 bits per heavy atom. The Labute approximate surface area is 611 Å². The summed E-state index contributed by atoms with van der Waals surface area (Å²) in [5.74, 6) is 0. The van der Waals surface area contributed by atoms with Crippen LogP contribution in [0.25, 0.3) is 39.0 Å². The van der Waals surface area contributed by atoms with Gasteiger partial charge in [-0.05, 0) is 252 Å². The molecule has 0 radical (unpaired) electrons. The lowest BCUT2D eigenvalue weighted by Crippen LogP contribution is -2.41. The van der Waals surface area contributed by atoms with E-state index >= 15 is 0 Å². The third kappa shape index (κ3) is 15.5. The number of nitrogens with zero attached hydrogens (tertiary/aromatic N) is 2. The van der Waals surface area contributed by atoms with E-state index in [4.69, 9.17) is 37.2 Å². The van der Waals surface area contributed by atoms with Gasteiger partial charge in [-0.3, -0.25) is 0 Å². The van der Waals surface area contributed by atoms with E-state index < -0.39 is 50.7 Å². The molecule has 0 atom stereocenters. The zero-order chi connectivity index (χ0) is 71.2. The first-order valence-corrected chi connectivity index (χ1v) is 36.0. The van der Waals surface area contributed by atoms with Gasteiger partial charge in [0.1, 0.15) is 12.2 Å². The molecule has 4 aliphatic heterocycles. The standard InChI is InChI=1S/C42H45B2NO4.C30H20Br2N.C12H24B2O4/c1-39(2)40(3,4)47-43(46-39)34-20-26-37(27-21-34)45(38-28-22-35(23-29-38)44-48-41(5,6)42(7,8)49-44)36-24-18-33(19-25-36)32-16-14-31(15-17-32)30-12-10-9-11-13-30;31-26-12-18-29(19-13-26)33(30-20-14-27(32)15-21-30)28-16-10-25(11-17-28)24-8-6-23(7-9-24)22-4-2-1-3-5-22;1-9(2)10(3,4)16-13(15-9)14-17-11(5,6)12(7,8)18-14/h9-29H,1-8H3;2-21H;1-8H3/q;+1;. The van der Waals surface area contributed by atoms with Gasteiger partial charge in [-0.25, -0.2) is 0 Å². The quantitative estimate of drug-likeness (QED) is 0.0822. The van der Waals surface area contributed by atoms with Gasteiger partial charge in [-0.15, -0.1) is 0 Å². The molecule has 4 heterocycles. The van der Waals surface area contributed by atoms with E-state index in [1.54, 1.807) is 0 Å². The summed E-state index contributed by atoms with van der Waals surface area (Å²) in [4.78, 5) is 4.53. The number of hydrogen-bond donors (Lipinski definition) is 0. The minimum atomic E-state index is -0.476. The molecule has 5 aliphatic rings. The van der Waals surface area contributed by atoms with Crippen LogP contribution in [0.2, 0.25) is 0 Å². The smallest absolute Gasteiger partial charge is 0.405 e. The first-order valence-electron chi connectivity index (χ1n) is 34.5. The topological polar surface area (TPSA) is 80.3 Å². The van der Waals surface area contributed by atoms with Crippen molar-refractivity contribution >= 4 is 111 Å². The van der Waals surface area contributed by atoms with Crippen LogP contribution >= 0.6 is 31.9 Å². The molecule has 10 nitrogen and oxygen atoms in total. The summed E-state index contributed by atoms with van der Waals surface area (Å²) in [5, 5.41) is 0. The highest BCUT2D eigenvalue weighted by molar-refractivity contribution is 9.10. The second-order valence-corrected chi connectivity index (χ2v) is 32.0. The first kappa shape index (κ1) is 72.4. The summed E-state index contributed by atoms with van der Waals surface area (Å²) >= 11 is 7.09. The Bertz CT molecular complexity index is 4170. The average Bonchev–Trinajstić information content (AvgIpc) is 1.59. The number of anilines is 6. The van der Waals surface area contributed by atoms with Crippen LogP contribution in [0.4, 0.5) is 34.1 Å². The first-order chi connectivity index (χ1) is 47.3. The van der Waals surface area contributed by atoms with E-state index in [1.807, 2.05) is 73.6 Å². The highest BCUT2D eigenvalue weighted by Crippen LogP contribution is 2.45. The molecule has 4 fully saturated rings. The molecule has 16 heteroatoms. The molecule has 0 aromatic heterocycles. The molecular formula is C84H89B4Br2N2O8+. The molecule has 0 bridgehead atoms. The lowest BCUT2D eigenvalue weighted by Gasteiger charge is -2.32. The maximum absolute atomic E-state index is 6.34. The van der Waals surface area contributed by atoms with Crippen LogP contribution in [0.15, 0.2) is 258 Å². The fourth-order valence-electron chi connectivity index (χ4n) is 12.1. The predicted octanol–water partition coefficient (Wildman–Crippen LogP) is 21.0. The molecule has 14 rings (SSSR count). The molecule has 0 N–H and O–H groups in total. The molecule has 100 heavy (non-hydrogen) atoms. The third-order valence-corrected chi connectivity index (χ3v) is 22.2. The average molecular weight is 1460 g/mol. The fraction of sp³-hybridized carbons (Fsp3) is 0.286. The Morgan fingerprint density at radius 2 is 0.520 bits per heavy atom. The minimum Gasteiger partial charge on any atom is -0.405 e. The lowest BCUT2D eigenvalue weighted by atomic mass is 9.49. The van der Waals surface area contributed by atoms with Crippen molar-refractivity contribution < 1.29 is 37.2 Å². The molecule has 9 aromatic rings. The molecule has 508 valence electrons. The van der Waals surface area contributed by atoms with Gasteiger partial charge in [0.2, 0.25) is 0 Å². The second-order valence-electron chi connectivity index (χ2n) is 30.1. The Kier molecular flexibility index (Phi) is 20.6. The molecule has 1 aliphatic carbocycles. The summed E-state index contributed by atoms with van der Waals surface area (Å²) < 4.78 is 51.3. The van der Waals surface area contributed by atoms with Crippen molar-refractivity contribution in [2.45, 2.75) is 156 Å². The van der Waals surface area contributed by atoms with Crippen molar-refractivity contribution in [3.8, 4) is 33.4 Å². The number of benzene rings is 9. The van der Waals surface area contributed by atoms with Crippen LogP contribution in [0, 0.1) is 6.08 Å². The van der Waals surface area contributed by atoms with Gasteiger partial charge in [0, 0.05) is 54.7 Å². The van der Waals surface area contributed by atoms with E-state index in [2.05, 4.69) is 334 Å². The zero-order valence-electron chi connectivity index (χ0n) is 60.4. The molecule has 9 aromatic carbocycles. The summed E-state index contributed by atoms with van der Waals surface area (Å²) in [6, 6.07) is 79.2. The maximum atomic E-state index is 6.34. The number of rotatable bonds is 13. The van der Waals surface area contributed by atoms with Crippen LogP contribution in [-0.2, 0) is 37.2 Å². The largest absolute Gasteiger partial charge is 0.494 e. The summed E-state index contributed by atoms with van der Waals surface area (Å²) in [6.45, 7) is 32.9. The summed E-state index contributed by atoms with van der Waals surface area (Å²) in [7, 11) is -1.79. The van der Waals surface area contributed by atoms with Gasteiger partial charge in [0.05, 0.1) is 62.5 Å². The molecule has 0 saturated carbocycles. The van der Waals surface area contributed by atoms with E-state index in [0.29, 0.717) is 0 Å². The van der Waals surface area contributed by atoms with Crippen molar-refractivity contribution in [3.05, 3.63) is 269 Å².